The molecule has 188 valence electrons. The molecule has 0 amide bonds. The van der Waals surface area contributed by atoms with Crippen LogP contribution in [0.15, 0.2) is 36.5 Å². The van der Waals surface area contributed by atoms with Gasteiger partial charge in [0.2, 0.25) is 6.73 Å². The van der Waals surface area contributed by atoms with Gasteiger partial charge in [0.25, 0.3) is 0 Å². The second kappa shape index (κ2) is 10.9. The number of aromatic nitrogens is 2. The number of benzene rings is 1. The topological polar surface area (TPSA) is 44.1 Å². The fourth-order valence-electron chi connectivity index (χ4n) is 5.56. The summed E-state index contributed by atoms with van der Waals surface area (Å²) in [6, 6.07) is 11.1. The van der Waals surface area contributed by atoms with E-state index in [1.54, 1.807) is 0 Å². The van der Waals surface area contributed by atoms with E-state index in [0.29, 0.717) is 6.73 Å². The normalized spacial score (nSPS) is 17.7. The Morgan fingerprint density at radius 2 is 1.91 bits per heavy atom. The van der Waals surface area contributed by atoms with E-state index < -0.39 is 0 Å². The van der Waals surface area contributed by atoms with Crippen LogP contribution in [-0.4, -0.2) is 40.3 Å². The van der Waals surface area contributed by atoms with Crippen molar-refractivity contribution < 1.29 is 14.0 Å². The Balaban J connectivity index is 1.55. The summed E-state index contributed by atoms with van der Waals surface area (Å²) in [7, 11) is 2.24. The molecule has 0 bridgehead atoms. The van der Waals surface area contributed by atoms with Crippen LogP contribution in [0.1, 0.15) is 67.6 Å². The molecular formula is C30H42N3O2+. The average molecular weight is 477 g/mol. The summed E-state index contributed by atoms with van der Waals surface area (Å²) in [5.41, 5.74) is 7.80. The predicted octanol–water partition coefficient (Wildman–Crippen LogP) is 6.12. The summed E-state index contributed by atoms with van der Waals surface area (Å²) < 4.78 is 9.22. The first-order chi connectivity index (χ1) is 16.8. The molecule has 2 aromatic heterocycles. The lowest BCUT2D eigenvalue weighted by Crippen LogP contribution is -2.49. The summed E-state index contributed by atoms with van der Waals surface area (Å²) in [6.07, 6.45) is 7.85. The van der Waals surface area contributed by atoms with Crippen LogP contribution < -0.4 is 0 Å². The summed E-state index contributed by atoms with van der Waals surface area (Å²) in [5.74, 6) is 0.0293. The first-order valence-electron chi connectivity index (χ1n) is 13.4. The number of carbonyl (C=O) groups is 1. The summed E-state index contributed by atoms with van der Waals surface area (Å²) >= 11 is 0. The zero-order chi connectivity index (χ0) is 25.0. The van der Waals surface area contributed by atoms with E-state index in [9.17, 15) is 4.79 Å². The van der Waals surface area contributed by atoms with E-state index in [0.717, 1.165) is 68.3 Å². The van der Waals surface area contributed by atoms with Crippen LogP contribution >= 0.6 is 0 Å². The van der Waals surface area contributed by atoms with E-state index in [1.807, 2.05) is 13.1 Å². The van der Waals surface area contributed by atoms with Gasteiger partial charge in [-0.3, -0.25) is 14.3 Å². The minimum Gasteiger partial charge on any atom is -0.415 e. The maximum Gasteiger partial charge on any atom is 0.313 e. The van der Waals surface area contributed by atoms with Crippen LogP contribution in [0.25, 0.3) is 10.9 Å². The Morgan fingerprint density at radius 3 is 2.60 bits per heavy atom. The zero-order valence-corrected chi connectivity index (χ0v) is 22.3. The molecule has 4 rings (SSSR count). The summed E-state index contributed by atoms with van der Waals surface area (Å²) in [4.78, 5) is 17.3. The smallest absolute Gasteiger partial charge is 0.313 e. The molecule has 3 aromatic rings. The number of aryl methyl sites for hydroxylation is 4. The van der Waals surface area contributed by atoms with Gasteiger partial charge in [-0.2, -0.15) is 0 Å². The average Bonchev–Trinajstić information content (AvgIpc) is 3.13. The predicted molar refractivity (Wildman–Crippen MR) is 142 cm³/mol. The van der Waals surface area contributed by atoms with E-state index in [4.69, 9.17) is 4.74 Å². The van der Waals surface area contributed by atoms with Crippen molar-refractivity contribution >= 4 is 16.9 Å². The highest BCUT2D eigenvalue weighted by Crippen LogP contribution is 2.34. The number of rotatable bonds is 10. The Kier molecular flexibility index (Phi) is 7.95. The van der Waals surface area contributed by atoms with Crippen molar-refractivity contribution in [1.29, 1.82) is 0 Å². The van der Waals surface area contributed by atoms with E-state index in [2.05, 4.69) is 67.7 Å². The minimum absolute atomic E-state index is 0.0103. The van der Waals surface area contributed by atoms with Crippen molar-refractivity contribution in [2.24, 2.45) is 5.92 Å². The number of pyridine rings is 1. The lowest BCUT2D eigenvalue weighted by atomic mass is 9.99. The van der Waals surface area contributed by atoms with E-state index in [1.165, 1.54) is 33.3 Å². The van der Waals surface area contributed by atoms with Crippen LogP contribution in [0.4, 0.5) is 0 Å². The van der Waals surface area contributed by atoms with Crippen molar-refractivity contribution in [3.05, 3.63) is 64.6 Å². The fraction of sp³-hybridized carbons (Fsp3) is 0.533. The summed E-state index contributed by atoms with van der Waals surface area (Å²) in [5, 5.41) is 1.35. The number of carbonyl (C=O) groups excluding carboxylic acids is 1. The number of esters is 1. The van der Waals surface area contributed by atoms with E-state index in [-0.39, 0.29) is 11.9 Å². The maximum absolute atomic E-state index is 12.8. The number of ether oxygens (including phenoxy) is 1. The molecule has 1 aliphatic rings. The molecule has 1 unspecified atom stereocenters. The first-order valence-corrected chi connectivity index (χ1v) is 13.4. The second-order valence-electron chi connectivity index (χ2n) is 10.8. The molecule has 0 spiro atoms. The number of hydrogen-bond acceptors (Lipinski definition) is 3. The van der Waals surface area contributed by atoms with Gasteiger partial charge in [0.15, 0.2) is 0 Å². The van der Waals surface area contributed by atoms with Gasteiger partial charge < -0.3 is 9.30 Å². The highest BCUT2D eigenvalue weighted by molar-refractivity contribution is 5.86. The largest absolute Gasteiger partial charge is 0.415 e. The Hall–Kier alpha value is -2.66. The standard InChI is InChI=1S/C30H42N3O2/c1-6-8-25(9-7-2)30(34)35-21-33(5)17-15-29-27(20-33)26-18-22(3)10-13-28(26)32(29)16-14-24-12-11-23(4)31-19-24/h10-13,18-19,25H,6-9,14-17,20-21H2,1-5H3/q+1. The molecule has 1 aliphatic heterocycles. The lowest BCUT2D eigenvalue weighted by Gasteiger charge is -2.37. The van der Waals surface area contributed by atoms with Crippen molar-refractivity contribution in [3.63, 3.8) is 0 Å². The highest BCUT2D eigenvalue weighted by atomic mass is 16.5. The van der Waals surface area contributed by atoms with Gasteiger partial charge >= 0.3 is 5.97 Å². The summed E-state index contributed by atoms with van der Waals surface area (Å²) in [6.45, 7) is 11.8. The maximum atomic E-state index is 12.8. The van der Waals surface area contributed by atoms with Gasteiger partial charge in [-0.05, 0) is 56.9 Å². The van der Waals surface area contributed by atoms with Gasteiger partial charge in [0.1, 0.15) is 6.54 Å². The molecule has 0 radical (unpaired) electrons. The van der Waals surface area contributed by atoms with Crippen molar-refractivity contribution in [1.82, 2.24) is 9.55 Å². The van der Waals surface area contributed by atoms with Gasteiger partial charge in [-0.1, -0.05) is 44.4 Å². The molecule has 0 saturated heterocycles. The lowest BCUT2D eigenvalue weighted by molar-refractivity contribution is -0.940. The minimum atomic E-state index is -0.0103. The third-order valence-electron chi connectivity index (χ3n) is 7.59. The molecule has 0 N–H and O–H groups in total. The Labute approximate surface area is 210 Å². The molecule has 0 saturated carbocycles. The molecule has 1 atom stereocenters. The fourth-order valence-corrected chi connectivity index (χ4v) is 5.56. The quantitative estimate of drug-likeness (QED) is 0.262. The number of quaternary nitrogens is 1. The third-order valence-corrected chi connectivity index (χ3v) is 7.59. The molecule has 3 heterocycles. The van der Waals surface area contributed by atoms with Gasteiger partial charge in [0, 0.05) is 47.0 Å². The van der Waals surface area contributed by atoms with Crippen molar-refractivity contribution in [2.45, 2.75) is 79.3 Å². The Morgan fingerprint density at radius 1 is 1.14 bits per heavy atom. The number of fused-ring (bicyclic) bond motifs is 3. The Bertz CT molecular complexity index is 1160. The highest BCUT2D eigenvalue weighted by Gasteiger charge is 2.34. The molecule has 0 fully saturated rings. The van der Waals surface area contributed by atoms with Crippen molar-refractivity contribution in [3.8, 4) is 0 Å². The van der Waals surface area contributed by atoms with Gasteiger partial charge in [0.05, 0.1) is 19.5 Å². The molecule has 1 aromatic carbocycles. The number of nitrogens with zero attached hydrogens (tertiary/aromatic N) is 3. The molecule has 35 heavy (non-hydrogen) atoms. The number of hydrogen-bond donors (Lipinski definition) is 0. The van der Waals surface area contributed by atoms with Crippen molar-refractivity contribution in [2.75, 3.05) is 20.3 Å². The van der Waals surface area contributed by atoms with Crippen LogP contribution in [-0.2, 0) is 35.5 Å². The molecule has 0 aliphatic carbocycles. The van der Waals surface area contributed by atoms with Gasteiger partial charge in [-0.15, -0.1) is 0 Å². The molecule has 5 nitrogen and oxygen atoms in total. The third kappa shape index (κ3) is 5.78. The van der Waals surface area contributed by atoms with Crippen LogP contribution in [0.2, 0.25) is 0 Å². The monoisotopic (exact) mass is 476 g/mol. The first kappa shape index (κ1) is 25.4. The molecule has 5 heteroatoms. The van der Waals surface area contributed by atoms with Crippen LogP contribution in [0.3, 0.4) is 0 Å². The second-order valence-corrected chi connectivity index (χ2v) is 10.8. The molecular weight excluding hydrogens is 434 g/mol. The zero-order valence-electron chi connectivity index (χ0n) is 22.3. The van der Waals surface area contributed by atoms with Crippen LogP contribution in [0.5, 0.6) is 0 Å². The van der Waals surface area contributed by atoms with Crippen LogP contribution in [0, 0.1) is 19.8 Å². The number of likely N-dealkylation sites (N-methyl/N-ethyl adjacent to an activating group) is 1. The SMILES string of the molecule is CCCC(CCC)C(=O)OC[N+]1(C)CCc2c(c3cc(C)ccc3n2CCc2ccc(C)nc2)C1. The van der Waals surface area contributed by atoms with Gasteiger partial charge in [-0.25, -0.2) is 0 Å². The van der Waals surface area contributed by atoms with E-state index >= 15 is 0 Å².